The van der Waals surface area contributed by atoms with E-state index in [0.717, 1.165) is 0 Å². The first-order chi connectivity index (χ1) is 13.0. The SMILES string of the molecule is COc1ccc(Oc2cc(NC(=O)c3[nH]ncc3Cl)cc([N+](=O)[O-])c2)cc1. The van der Waals surface area contributed by atoms with Gasteiger partial charge in [-0.15, -0.1) is 0 Å². The highest BCUT2D eigenvalue weighted by Crippen LogP contribution is 2.31. The molecule has 0 atom stereocenters. The summed E-state index contributed by atoms with van der Waals surface area (Å²) >= 11 is 5.85. The maximum Gasteiger partial charge on any atom is 0.275 e. The van der Waals surface area contributed by atoms with Crippen LogP contribution in [-0.2, 0) is 0 Å². The number of anilines is 1. The van der Waals surface area contributed by atoms with E-state index in [2.05, 4.69) is 15.5 Å². The molecule has 0 radical (unpaired) electrons. The van der Waals surface area contributed by atoms with Crippen molar-refractivity contribution in [1.29, 1.82) is 0 Å². The number of benzene rings is 2. The van der Waals surface area contributed by atoms with Crippen molar-refractivity contribution in [3.63, 3.8) is 0 Å². The average molecular weight is 389 g/mol. The van der Waals surface area contributed by atoms with Crippen molar-refractivity contribution in [2.45, 2.75) is 0 Å². The zero-order valence-corrected chi connectivity index (χ0v) is 14.7. The molecule has 0 spiro atoms. The van der Waals surface area contributed by atoms with Gasteiger partial charge in [0.15, 0.2) is 0 Å². The van der Waals surface area contributed by atoms with Gasteiger partial charge in [-0.1, -0.05) is 11.6 Å². The fourth-order valence-corrected chi connectivity index (χ4v) is 2.40. The van der Waals surface area contributed by atoms with Crippen molar-refractivity contribution in [2.24, 2.45) is 0 Å². The van der Waals surface area contributed by atoms with E-state index in [4.69, 9.17) is 21.1 Å². The zero-order chi connectivity index (χ0) is 19.4. The Bertz CT molecular complexity index is 987. The Hall–Kier alpha value is -3.59. The van der Waals surface area contributed by atoms with Crippen LogP contribution in [0, 0.1) is 10.1 Å². The summed E-state index contributed by atoms with van der Waals surface area (Å²) in [5.74, 6) is 0.685. The molecular weight excluding hydrogens is 376 g/mol. The molecule has 1 heterocycles. The summed E-state index contributed by atoms with van der Waals surface area (Å²) in [5, 5.41) is 20.0. The van der Waals surface area contributed by atoms with Crippen molar-refractivity contribution in [1.82, 2.24) is 10.2 Å². The van der Waals surface area contributed by atoms with Gasteiger partial charge >= 0.3 is 0 Å². The van der Waals surface area contributed by atoms with Gasteiger partial charge in [0.05, 0.1) is 35.0 Å². The number of nitro groups is 1. The van der Waals surface area contributed by atoms with Crippen molar-refractivity contribution >= 4 is 28.9 Å². The second-order valence-corrected chi connectivity index (χ2v) is 5.70. The molecule has 0 unspecified atom stereocenters. The van der Waals surface area contributed by atoms with Gasteiger partial charge < -0.3 is 14.8 Å². The van der Waals surface area contributed by atoms with Gasteiger partial charge in [-0.25, -0.2) is 0 Å². The standard InChI is InChI=1S/C17H13ClN4O5/c1-26-12-2-4-13(5-3-12)27-14-7-10(6-11(8-14)22(24)25)20-17(23)16-15(18)9-19-21-16/h2-9H,1H3,(H,19,21)(H,20,23). The molecule has 2 aromatic carbocycles. The highest BCUT2D eigenvalue weighted by molar-refractivity contribution is 6.34. The van der Waals surface area contributed by atoms with Crippen LogP contribution in [0.15, 0.2) is 48.7 Å². The van der Waals surface area contributed by atoms with E-state index in [1.807, 2.05) is 0 Å². The van der Waals surface area contributed by atoms with E-state index in [9.17, 15) is 14.9 Å². The molecule has 3 rings (SSSR count). The summed E-state index contributed by atoms with van der Waals surface area (Å²) in [4.78, 5) is 22.8. The number of hydrogen-bond donors (Lipinski definition) is 2. The number of aromatic nitrogens is 2. The van der Waals surface area contributed by atoms with Crippen molar-refractivity contribution < 1.29 is 19.2 Å². The number of hydrogen-bond acceptors (Lipinski definition) is 6. The monoisotopic (exact) mass is 388 g/mol. The van der Waals surface area contributed by atoms with Crippen LogP contribution in [0.5, 0.6) is 17.2 Å². The molecule has 0 bridgehead atoms. The Morgan fingerprint density at radius 1 is 1.19 bits per heavy atom. The van der Waals surface area contributed by atoms with Crippen molar-refractivity contribution in [3.8, 4) is 17.2 Å². The molecule has 10 heteroatoms. The van der Waals surface area contributed by atoms with Gasteiger partial charge in [0.2, 0.25) is 0 Å². The molecule has 27 heavy (non-hydrogen) atoms. The molecule has 0 fully saturated rings. The maximum absolute atomic E-state index is 12.2. The quantitative estimate of drug-likeness (QED) is 0.486. The van der Waals surface area contributed by atoms with Crippen LogP contribution in [-0.4, -0.2) is 28.1 Å². The first-order valence-electron chi connectivity index (χ1n) is 7.58. The summed E-state index contributed by atoms with van der Waals surface area (Å²) in [6.07, 6.45) is 1.28. The summed E-state index contributed by atoms with van der Waals surface area (Å²) in [7, 11) is 1.54. The second-order valence-electron chi connectivity index (χ2n) is 5.30. The lowest BCUT2D eigenvalue weighted by Crippen LogP contribution is -2.13. The third-order valence-electron chi connectivity index (χ3n) is 3.48. The van der Waals surface area contributed by atoms with Crippen molar-refractivity contribution in [2.75, 3.05) is 12.4 Å². The number of nitrogens with one attached hydrogen (secondary N) is 2. The molecule has 9 nitrogen and oxygen atoms in total. The third kappa shape index (κ3) is 4.33. The first kappa shape index (κ1) is 18.2. The highest BCUT2D eigenvalue weighted by Gasteiger charge is 2.16. The van der Waals surface area contributed by atoms with Gasteiger partial charge in [-0.2, -0.15) is 5.10 Å². The number of nitro benzene ring substituents is 1. The lowest BCUT2D eigenvalue weighted by atomic mass is 10.2. The number of ether oxygens (including phenoxy) is 2. The number of halogens is 1. The Morgan fingerprint density at radius 2 is 1.89 bits per heavy atom. The van der Waals surface area contributed by atoms with Crippen LogP contribution in [0.1, 0.15) is 10.5 Å². The Balaban J connectivity index is 1.86. The Kier molecular flexibility index (Phi) is 5.23. The molecule has 1 amide bonds. The molecule has 1 aromatic heterocycles. The van der Waals surface area contributed by atoms with E-state index < -0.39 is 10.8 Å². The fraction of sp³-hybridized carbons (Fsp3) is 0.0588. The summed E-state index contributed by atoms with van der Waals surface area (Å²) in [6.45, 7) is 0. The highest BCUT2D eigenvalue weighted by atomic mass is 35.5. The smallest absolute Gasteiger partial charge is 0.275 e. The Morgan fingerprint density at radius 3 is 2.48 bits per heavy atom. The average Bonchev–Trinajstić information content (AvgIpc) is 3.08. The van der Waals surface area contributed by atoms with E-state index >= 15 is 0 Å². The van der Waals surface area contributed by atoms with Crippen LogP contribution in [0.3, 0.4) is 0 Å². The molecule has 0 aliphatic rings. The minimum absolute atomic E-state index is 0.0424. The number of rotatable bonds is 6. The zero-order valence-electron chi connectivity index (χ0n) is 13.9. The maximum atomic E-state index is 12.2. The number of amides is 1. The number of nitrogens with zero attached hydrogens (tertiary/aromatic N) is 2. The molecule has 0 saturated heterocycles. The van der Waals surface area contributed by atoms with Crippen LogP contribution in [0.2, 0.25) is 5.02 Å². The summed E-state index contributed by atoms with van der Waals surface area (Å²) in [6, 6.07) is 10.6. The number of non-ortho nitro benzene ring substituents is 1. The lowest BCUT2D eigenvalue weighted by molar-refractivity contribution is -0.384. The summed E-state index contributed by atoms with van der Waals surface area (Å²) < 4.78 is 10.7. The number of aromatic amines is 1. The fourth-order valence-electron chi connectivity index (χ4n) is 2.22. The summed E-state index contributed by atoms with van der Waals surface area (Å²) in [5.41, 5.74) is -0.0313. The molecule has 0 saturated carbocycles. The molecule has 0 aliphatic carbocycles. The topological polar surface area (TPSA) is 119 Å². The van der Waals surface area contributed by atoms with Crippen LogP contribution in [0.4, 0.5) is 11.4 Å². The van der Waals surface area contributed by atoms with Gasteiger partial charge in [-0.05, 0) is 24.3 Å². The molecular formula is C17H13ClN4O5. The predicted octanol–water partition coefficient (Wildman–Crippen LogP) is 4.02. The first-order valence-corrected chi connectivity index (χ1v) is 7.95. The van der Waals surface area contributed by atoms with Crippen molar-refractivity contribution in [3.05, 3.63) is 69.5 Å². The Labute approximate surface area is 158 Å². The van der Waals surface area contributed by atoms with Gasteiger partial charge in [0.1, 0.15) is 22.9 Å². The molecule has 3 aromatic rings. The molecule has 2 N–H and O–H groups in total. The minimum atomic E-state index is -0.589. The van der Waals surface area contributed by atoms with Gasteiger partial charge in [0, 0.05) is 12.1 Å². The second kappa shape index (κ2) is 7.75. The number of carbonyl (C=O) groups is 1. The lowest BCUT2D eigenvalue weighted by Gasteiger charge is -2.09. The van der Waals surface area contributed by atoms with Crippen LogP contribution in [0.25, 0.3) is 0 Å². The largest absolute Gasteiger partial charge is 0.497 e. The minimum Gasteiger partial charge on any atom is -0.497 e. The number of methoxy groups -OCH3 is 1. The predicted molar refractivity (Wildman–Crippen MR) is 97.7 cm³/mol. The third-order valence-corrected chi connectivity index (χ3v) is 3.76. The molecule has 0 aliphatic heterocycles. The van der Waals surface area contributed by atoms with E-state index in [-0.39, 0.29) is 27.8 Å². The van der Waals surface area contributed by atoms with E-state index in [1.165, 1.54) is 31.5 Å². The number of carbonyl (C=O) groups excluding carboxylic acids is 1. The molecule has 138 valence electrons. The van der Waals surface area contributed by atoms with Gasteiger partial charge in [-0.3, -0.25) is 20.0 Å². The van der Waals surface area contributed by atoms with E-state index in [0.29, 0.717) is 11.5 Å². The van der Waals surface area contributed by atoms with Crippen LogP contribution < -0.4 is 14.8 Å². The van der Waals surface area contributed by atoms with Crippen LogP contribution >= 0.6 is 11.6 Å². The van der Waals surface area contributed by atoms with E-state index in [1.54, 1.807) is 24.3 Å². The normalized spacial score (nSPS) is 10.3. The number of H-pyrrole nitrogens is 1. The van der Waals surface area contributed by atoms with Gasteiger partial charge in [0.25, 0.3) is 11.6 Å².